The molecule has 0 unspecified atom stereocenters. The van der Waals surface area contributed by atoms with Gasteiger partial charge in [-0.2, -0.15) is 0 Å². The van der Waals surface area contributed by atoms with E-state index in [2.05, 4.69) is 20.6 Å². The van der Waals surface area contributed by atoms with E-state index >= 15 is 0 Å². The average Bonchev–Trinajstić information content (AvgIpc) is 3.46. The largest absolute Gasteiger partial charge is 0.475 e. The maximum absolute atomic E-state index is 5.62. The van der Waals surface area contributed by atoms with Crippen molar-refractivity contribution in [2.45, 2.75) is 25.8 Å². The zero-order valence-corrected chi connectivity index (χ0v) is 15.3. The van der Waals surface area contributed by atoms with Crippen LogP contribution in [0.4, 0.5) is 0 Å². The molecule has 0 amide bonds. The Bertz CT molecular complexity index is 504. The molecule has 0 aromatic carbocycles. The minimum atomic E-state index is 0.502. The number of pyridine rings is 1. The van der Waals surface area contributed by atoms with Gasteiger partial charge in [0.1, 0.15) is 6.61 Å². The first kappa shape index (κ1) is 19.5. The van der Waals surface area contributed by atoms with Crippen molar-refractivity contribution in [2.24, 2.45) is 10.9 Å². The van der Waals surface area contributed by atoms with Gasteiger partial charge in [0.2, 0.25) is 5.88 Å². The van der Waals surface area contributed by atoms with Gasteiger partial charge in [-0.05, 0) is 30.7 Å². The molecule has 1 aromatic rings. The van der Waals surface area contributed by atoms with Gasteiger partial charge in [-0.1, -0.05) is 6.07 Å². The van der Waals surface area contributed by atoms with Crippen molar-refractivity contribution in [3.63, 3.8) is 0 Å². The molecule has 0 bridgehead atoms. The number of ether oxygens (including phenoxy) is 3. The van der Waals surface area contributed by atoms with Crippen LogP contribution >= 0.6 is 0 Å². The van der Waals surface area contributed by atoms with Gasteiger partial charge in [0.15, 0.2) is 5.96 Å². The van der Waals surface area contributed by atoms with Crippen LogP contribution in [0.3, 0.4) is 0 Å². The molecule has 140 valence electrons. The molecule has 2 N–H and O–H groups in total. The Morgan fingerprint density at radius 3 is 2.80 bits per heavy atom. The number of guanidine groups is 1. The second kappa shape index (κ2) is 11.7. The van der Waals surface area contributed by atoms with Crippen LogP contribution in [0.25, 0.3) is 0 Å². The lowest BCUT2D eigenvalue weighted by Gasteiger charge is -2.12. The standard InChI is InChI=1S/C18H30N4O3/c1-19-18(20-8-3-9-24-14-15-4-5-15)22-13-16-6-7-17(21-12-16)25-11-10-23-2/h6-7,12,15H,3-5,8-11,13-14H2,1-2H3,(H2,19,20,22). The molecular formula is C18H30N4O3. The minimum absolute atomic E-state index is 0.502. The van der Waals surface area contributed by atoms with Crippen LogP contribution < -0.4 is 15.4 Å². The van der Waals surface area contributed by atoms with Crippen LogP contribution in [0.15, 0.2) is 23.3 Å². The third-order valence-corrected chi connectivity index (χ3v) is 3.83. The first-order chi connectivity index (χ1) is 12.3. The number of nitrogens with one attached hydrogen (secondary N) is 2. The predicted octanol–water partition coefficient (Wildman–Crippen LogP) is 1.59. The van der Waals surface area contributed by atoms with Crippen molar-refractivity contribution in [2.75, 3.05) is 47.1 Å². The zero-order valence-electron chi connectivity index (χ0n) is 15.3. The molecule has 1 saturated carbocycles. The molecule has 0 saturated heterocycles. The van der Waals surface area contributed by atoms with Gasteiger partial charge in [-0.15, -0.1) is 0 Å². The Balaban J connectivity index is 1.57. The Hall–Kier alpha value is -1.86. The maximum Gasteiger partial charge on any atom is 0.213 e. The van der Waals surface area contributed by atoms with Crippen LogP contribution in [0.5, 0.6) is 5.88 Å². The van der Waals surface area contributed by atoms with Crippen molar-refractivity contribution < 1.29 is 14.2 Å². The number of rotatable bonds is 12. The summed E-state index contributed by atoms with van der Waals surface area (Å²) in [4.78, 5) is 8.50. The normalized spacial score (nSPS) is 14.4. The summed E-state index contributed by atoms with van der Waals surface area (Å²) in [6.07, 6.45) is 5.45. The predicted molar refractivity (Wildman–Crippen MR) is 98.0 cm³/mol. The highest BCUT2D eigenvalue weighted by atomic mass is 16.5. The maximum atomic E-state index is 5.62. The molecule has 0 atom stereocenters. The molecule has 1 aromatic heterocycles. The molecule has 1 aliphatic carbocycles. The van der Waals surface area contributed by atoms with E-state index in [0.29, 0.717) is 25.6 Å². The van der Waals surface area contributed by atoms with Crippen molar-refractivity contribution in [3.05, 3.63) is 23.9 Å². The topological polar surface area (TPSA) is 77.0 Å². The summed E-state index contributed by atoms with van der Waals surface area (Å²) in [5.41, 5.74) is 1.06. The second-order valence-electron chi connectivity index (χ2n) is 6.07. The van der Waals surface area contributed by atoms with Crippen molar-refractivity contribution in [3.8, 4) is 5.88 Å². The average molecular weight is 350 g/mol. The lowest BCUT2D eigenvalue weighted by Crippen LogP contribution is -2.37. The summed E-state index contributed by atoms with van der Waals surface area (Å²) in [5.74, 6) is 2.21. The lowest BCUT2D eigenvalue weighted by molar-refractivity contribution is 0.123. The van der Waals surface area contributed by atoms with Gasteiger partial charge >= 0.3 is 0 Å². The van der Waals surface area contributed by atoms with E-state index in [-0.39, 0.29) is 0 Å². The fourth-order valence-corrected chi connectivity index (χ4v) is 2.15. The van der Waals surface area contributed by atoms with Crippen molar-refractivity contribution >= 4 is 5.96 Å². The number of hydrogen-bond donors (Lipinski definition) is 2. The molecular weight excluding hydrogens is 320 g/mol. The van der Waals surface area contributed by atoms with Gasteiger partial charge < -0.3 is 24.8 Å². The quantitative estimate of drug-likeness (QED) is 0.339. The summed E-state index contributed by atoms with van der Waals surface area (Å²) in [5, 5.41) is 6.56. The van der Waals surface area contributed by atoms with Crippen molar-refractivity contribution in [1.82, 2.24) is 15.6 Å². The van der Waals surface area contributed by atoms with Crippen molar-refractivity contribution in [1.29, 1.82) is 0 Å². The summed E-state index contributed by atoms with van der Waals surface area (Å²) in [6.45, 7) is 4.28. The molecule has 0 spiro atoms. The minimum Gasteiger partial charge on any atom is -0.475 e. The highest BCUT2D eigenvalue weighted by molar-refractivity contribution is 5.79. The molecule has 1 aliphatic rings. The molecule has 7 nitrogen and oxygen atoms in total. The first-order valence-electron chi connectivity index (χ1n) is 8.90. The summed E-state index contributed by atoms with van der Waals surface area (Å²) < 4.78 is 16.0. The monoisotopic (exact) mass is 350 g/mol. The summed E-state index contributed by atoms with van der Waals surface area (Å²) >= 11 is 0. The molecule has 2 rings (SSSR count). The highest BCUT2D eigenvalue weighted by Gasteiger charge is 2.20. The van der Waals surface area contributed by atoms with Crippen LogP contribution in [-0.2, 0) is 16.0 Å². The molecule has 25 heavy (non-hydrogen) atoms. The van der Waals surface area contributed by atoms with E-state index in [9.17, 15) is 0 Å². The Morgan fingerprint density at radius 2 is 2.12 bits per heavy atom. The fraction of sp³-hybridized carbons (Fsp3) is 0.667. The van der Waals surface area contributed by atoms with Crippen LogP contribution in [0, 0.1) is 5.92 Å². The van der Waals surface area contributed by atoms with E-state index in [1.165, 1.54) is 12.8 Å². The van der Waals surface area contributed by atoms with Gasteiger partial charge in [0.05, 0.1) is 6.61 Å². The number of nitrogens with zero attached hydrogens (tertiary/aromatic N) is 2. The van der Waals surface area contributed by atoms with E-state index in [4.69, 9.17) is 14.2 Å². The third kappa shape index (κ3) is 8.69. The second-order valence-corrected chi connectivity index (χ2v) is 6.07. The number of hydrogen-bond acceptors (Lipinski definition) is 5. The fourth-order valence-electron chi connectivity index (χ4n) is 2.15. The summed E-state index contributed by atoms with van der Waals surface area (Å²) in [7, 11) is 3.41. The number of aromatic nitrogens is 1. The van der Waals surface area contributed by atoms with Gasteiger partial charge in [0.25, 0.3) is 0 Å². The number of methoxy groups -OCH3 is 1. The summed E-state index contributed by atoms with van der Waals surface area (Å²) in [6, 6.07) is 3.85. The lowest BCUT2D eigenvalue weighted by atomic mass is 10.3. The number of aliphatic imine (C=N–C) groups is 1. The Kier molecular flexibility index (Phi) is 9.07. The van der Waals surface area contributed by atoms with E-state index in [0.717, 1.165) is 43.6 Å². The SMILES string of the molecule is CN=C(NCCCOCC1CC1)NCc1ccc(OCCOC)nc1. The van der Waals surface area contributed by atoms with E-state index in [1.54, 1.807) is 20.4 Å². The third-order valence-electron chi connectivity index (χ3n) is 3.83. The molecule has 1 fully saturated rings. The smallest absolute Gasteiger partial charge is 0.213 e. The molecule has 0 radical (unpaired) electrons. The zero-order chi connectivity index (χ0) is 17.7. The highest BCUT2D eigenvalue weighted by Crippen LogP contribution is 2.28. The van der Waals surface area contributed by atoms with Crippen LogP contribution in [-0.4, -0.2) is 58.1 Å². The van der Waals surface area contributed by atoms with Crippen LogP contribution in [0.2, 0.25) is 0 Å². The molecule has 7 heteroatoms. The van der Waals surface area contributed by atoms with E-state index < -0.39 is 0 Å². The van der Waals surface area contributed by atoms with Gasteiger partial charge in [0, 0.05) is 52.7 Å². The van der Waals surface area contributed by atoms with Gasteiger partial charge in [-0.25, -0.2) is 4.98 Å². The van der Waals surface area contributed by atoms with Gasteiger partial charge in [-0.3, -0.25) is 4.99 Å². The molecule has 1 heterocycles. The first-order valence-corrected chi connectivity index (χ1v) is 8.90. The Morgan fingerprint density at radius 1 is 1.24 bits per heavy atom. The molecule has 0 aliphatic heterocycles. The van der Waals surface area contributed by atoms with E-state index in [1.807, 2.05) is 12.1 Å². The van der Waals surface area contributed by atoms with Crippen LogP contribution in [0.1, 0.15) is 24.8 Å². The Labute approximate surface area is 150 Å².